The van der Waals surface area contributed by atoms with Crippen molar-refractivity contribution in [1.82, 2.24) is 0 Å². The van der Waals surface area contributed by atoms with Crippen LogP contribution in [0.2, 0.25) is 0 Å². The zero-order chi connectivity index (χ0) is 19.1. The first-order valence-electron chi connectivity index (χ1n) is 9.59. The molecule has 0 aromatic heterocycles. The van der Waals surface area contributed by atoms with Gasteiger partial charge in [-0.1, -0.05) is 105 Å². The zero-order valence-corrected chi connectivity index (χ0v) is 16.4. The number of unbranched alkanes of at least 4 members (excludes halogenated alkanes) is 10. The number of hydrogen-bond acceptors (Lipinski definition) is 2. The topological polar surface area (TPSA) is 74.6 Å². The van der Waals surface area contributed by atoms with Crippen molar-refractivity contribution in [2.24, 2.45) is 0 Å². The van der Waals surface area contributed by atoms with E-state index in [4.69, 9.17) is 10.2 Å². The van der Waals surface area contributed by atoms with Gasteiger partial charge in [0, 0.05) is 12.2 Å². The Morgan fingerprint density at radius 1 is 0.542 bits per heavy atom. The van der Waals surface area contributed by atoms with Crippen LogP contribution in [0.25, 0.3) is 0 Å². The Kier molecular flexibility index (Phi) is 30.5. The van der Waals surface area contributed by atoms with Crippen LogP contribution in [-0.2, 0) is 9.59 Å². The van der Waals surface area contributed by atoms with E-state index in [2.05, 4.69) is 27.7 Å². The Balaban J connectivity index is -0.000000276. The molecule has 0 spiro atoms. The lowest BCUT2D eigenvalue weighted by atomic mass is 10.1. The maximum Gasteiger partial charge on any atom is 0.328 e. The number of carboxylic acids is 2. The molecular formula is C20H40O4. The lowest BCUT2D eigenvalue weighted by Gasteiger charge is -1.93. The van der Waals surface area contributed by atoms with Crippen LogP contribution >= 0.6 is 0 Å². The molecule has 0 unspecified atom stereocenters. The Bertz CT molecular complexity index is 245. The molecule has 0 atom stereocenters. The number of rotatable bonds is 12. The van der Waals surface area contributed by atoms with Crippen molar-refractivity contribution in [3.8, 4) is 0 Å². The van der Waals surface area contributed by atoms with E-state index >= 15 is 0 Å². The maximum atomic E-state index is 9.55. The van der Waals surface area contributed by atoms with Gasteiger partial charge in [-0.05, 0) is 0 Å². The molecule has 0 aromatic rings. The lowest BCUT2D eigenvalue weighted by molar-refractivity contribution is -0.134. The summed E-state index contributed by atoms with van der Waals surface area (Å²) in [4.78, 5) is 19.1. The number of aliphatic carboxylic acids is 2. The van der Waals surface area contributed by atoms with E-state index < -0.39 is 11.9 Å². The molecule has 144 valence electrons. The van der Waals surface area contributed by atoms with Crippen LogP contribution in [0.4, 0.5) is 0 Å². The largest absolute Gasteiger partial charge is 0.478 e. The minimum Gasteiger partial charge on any atom is -0.478 e. The molecular weight excluding hydrogens is 304 g/mol. The highest BCUT2D eigenvalue weighted by molar-refractivity contribution is 5.89. The molecule has 0 saturated carbocycles. The summed E-state index contributed by atoms with van der Waals surface area (Å²) in [5.41, 5.74) is 0. The van der Waals surface area contributed by atoms with Gasteiger partial charge < -0.3 is 10.2 Å². The third kappa shape index (κ3) is 42.8. The summed E-state index contributed by atoms with van der Waals surface area (Å²) >= 11 is 0. The molecule has 0 fully saturated rings. The van der Waals surface area contributed by atoms with Crippen molar-refractivity contribution in [2.75, 3.05) is 0 Å². The summed E-state index contributed by atoms with van der Waals surface area (Å²) in [6.45, 7) is 9.02. The van der Waals surface area contributed by atoms with Gasteiger partial charge in [-0.3, -0.25) is 0 Å². The molecule has 0 aliphatic rings. The van der Waals surface area contributed by atoms with Gasteiger partial charge in [0.2, 0.25) is 0 Å². The number of hydrogen-bond donors (Lipinski definition) is 2. The molecule has 0 bridgehead atoms. The second-order valence-electron chi connectivity index (χ2n) is 5.84. The molecule has 0 heterocycles. The predicted octanol–water partition coefficient (Wildman–Crippen LogP) is 6.45. The van der Waals surface area contributed by atoms with Gasteiger partial charge in [0.25, 0.3) is 0 Å². The van der Waals surface area contributed by atoms with Crippen LogP contribution in [0.15, 0.2) is 12.2 Å². The van der Waals surface area contributed by atoms with E-state index in [0.717, 1.165) is 0 Å². The van der Waals surface area contributed by atoms with Gasteiger partial charge >= 0.3 is 11.9 Å². The van der Waals surface area contributed by atoms with Gasteiger partial charge in [0.15, 0.2) is 0 Å². The summed E-state index contributed by atoms with van der Waals surface area (Å²) in [7, 11) is 0. The average molecular weight is 345 g/mol. The highest BCUT2D eigenvalue weighted by Crippen LogP contribution is 2.04. The van der Waals surface area contributed by atoms with Gasteiger partial charge in [-0.15, -0.1) is 0 Å². The van der Waals surface area contributed by atoms with Crippen molar-refractivity contribution in [1.29, 1.82) is 0 Å². The van der Waals surface area contributed by atoms with E-state index in [1.54, 1.807) is 0 Å². The van der Waals surface area contributed by atoms with E-state index in [0.29, 0.717) is 12.2 Å². The fourth-order valence-corrected chi connectivity index (χ4v) is 1.85. The normalized spacial score (nSPS) is 9.67. The molecule has 0 saturated heterocycles. The summed E-state index contributed by atoms with van der Waals surface area (Å²) in [5.74, 6) is -2.51. The van der Waals surface area contributed by atoms with E-state index in [1.165, 1.54) is 77.0 Å². The van der Waals surface area contributed by atoms with Crippen molar-refractivity contribution < 1.29 is 19.8 Å². The molecule has 4 nitrogen and oxygen atoms in total. The molecule has 0 aliphatic carbocycles. The van der Waals surface area contributed by atoms with Crippen LogP contribution in [0, 0.1) is 0 Å². The first-order valence-corrected chi connectivity index (χ1v) is 9.59. The van der Waals surface area contributed by atoms with E-state index in [-0.39, 0.29) is 0 Å². The van der Waals surface area contributed by atoms with Crippen LogP contribution in [0.5, 0.6) is 0 Å². The first kappa shape index (κ1) is 27.5. The first-order chi connectivity index (χ1) is 11.5. The molecule has 0 radical (unpaired) electrons. The van der Waals surface area contributed by atoms with Gasteiger partial charge in [-0.2, -0.15) is 0 Å². The smallest absolute Gasteiger partial charge is 0.328 e. The summed E-state index contributed by atoms with van der Waals surface area (Å²) in [5, 5.41) is 15.6. The molecule has 0 aliphatic heterocycles. The van der Waals surface area contributed by atoms with Crippen LogP contribution in [0.1, 0.15) is 105 Å². The highest BCUT2D eigenvalue weighted by atomic mass is 16.4. The molecule has 4 heteroatoms. The fraction of sp³-hybridized carbons (Fsp3) is 0.800. The average Bonchev–Trinajstić information content (AvgIpc) is 2.55. The monoisotopic (exact) mass is 344 g/mol. The second kappa shape index (κ2) is 26.6. The van der Waals surface area contributed by atoms with Gasteiger partial charge in [-0.25, -0.2) is 9.59 Å². The predicted molar refractivity (Wildman–Crippen MR) is 103 cm³/mol. The van der Waals surface area contributed by atoms with E-state index in [9.17, 15) is 9.59 Å². The summed E-state index contributed by atoms with van der Waals surface area (Å²) in [6, 6.07) is 0. The third-order valence-corrected chi connectivity index (χ3v) is 3.28. The van der Waals surface area contributed by atoms with Gasteiger partial charge in [0.1, 0.15) is 0 Å². The fourth-order valence-electron chi connectivity index (χ4n) is 1.85. The molecule has 24 heavy (non-hydrogen) atoms. The molecule has 0 amide bonds. The minimum atomic E-state index is -1.26. The van der Waals surface area contributed by atoms with Crippen LogP contribution < -0.4 is 0 Å². The third-order valence-electron chi connectivity index (χ3n) is 3.28. The van der Waals surface area contributed by atoms with E-state index in [1.807, 2.05) is 0 Å². The Hall–Kier alpha value is -1.32. The Morgan fingerprint density at radius 2 is 0.750 bits per heavy atom. The van der Waals surface area contributed by atoms with Gasteiger partial charge in [0.05, 0.1) is 0 Å². The van der Waals surface area contributed by atoms with Crippen LogP contribution in [-0.4, -0.2) is 22.2 Å². The molecule has 2 N–H and O–H groups in total. The zero-order valence-electron chi connectivity index (χ0n) is 16.4. The lowest BCUT2D eigenvalue weighted by Crippen LogP contribution is -1.91. The molecule has 0 rings (SSSR count). The number of carbonyl (C=O) groups is 2. The Labute approximate surface area is 149 Å². The maximum absolute atomic E-state index is 9.55. The van der Waals surface area contributed by atoms with Crippen molar-refractivity contribution in [3.05, 3.63) is 12.2 Å². The number of carboxylic acid groups (broad SMARTS) is 2. The quantitative estimate of drug-likeness (QED) is 0.315. The Morgan fingerprint density at radius 3 is 0.875 bits per heavy atom. The summed E-state index contributed by atoms with van der Waals surface area (Å²) in [6.07, 6.45) is 18.1. The summed E-state index contributed by atoms with van der Waals surface area (Å²) < 4.78 is 0. The standard InChI is InChI=1S/2C8H18.C4H4O4/c2*1-3-5-7-8-6-4-2;5-3(6)1-2-4(7)8/h2*3-8H2,1-2H3;1-2H,(H,5,6)(H,7,8)/b;;2-1+. The molecule has 0 aromatic carbocycles. The minimum absolute atomic E-state index is 0.558. The second-order valence-corrected chi connectivity index (χ2v) is 5.84. The van der Waals surface area contributed by atoms with Crippen molar-refractivity contribution >= 4 is 11.9 Å². The van der Waals surface area contributed by atoms with Crippen LogP contribution in [0.3, 0.4) is 0 Å². The highest BCUT2D eigenvalue weighted by Gasteiger charge is 1.88. The van der Waals surface area contributed by atoms with Crippen molar-refractivity contribution in [3.63, 3.8) is 0 Å². The van der Waals surface area contributed by atoms with Crippen molar-refractivity contribution in [2.45, 2.75) is 105 Å². The SMILES string of the molecule is CCCCCCCC.CCCCCCCC.O=C(O)/C=C/C(=O)O.